The van der Waals surface area contributed by atoms with Gasteiger partial charge in [-0.2, -0.15) is 5.10 Å². The normalized spacial score (nSPS) is 13.7. The Balaban J connectivity index is 1.74. The molecule has 1 aliphatic heterocycles. The zero-order chi connectivity index (χ0) is 23.4. The predicted octanol–water partition coefficient (Wildman–Crippen LogP) is 3.60. The van der Waals surface area contributed by atoms with Crippen molar-refractivity contribution in [1.29, 1.82) is 0 Å². The number of benzene rings is 2. The van der Waals surface area contributed by atoms with Gasteiger partial charge >= 0.3 is 0 Å². The van der Waals surface area contributed by atoms with Crippen molar-refractivity contribution in [3.05, 3.63) is 105 Å². The van der Waals surface area contributed by atoms with Gasteiger partial charge in [0.05, 0.1) is 5.70 Å². The number of carbonyl (C=O) groups is 1. The van der Waals surface area contributed by atoms with Crippen LogP contribution in [0.4, 0.5) is 5.95 Å². The van der Waals surface area contributed by atoms with Crippen molar-refractivity contribution in [2.24, 2.45) is 5.10 Å². The molecule has 0 saturated carbocycles. The van der Waals surface area contributed by atoms with Gasteiger partial charge in [0.2, 0.25) is 5.95 Å². The third kappa shape index (κ3) is 4.92. The summed E-state index contributed by atoms with van der Waals surface area (Å²) in [7, 11) is 0. The number of amides is 1. The van der Waals surface area contributed by atoms with Gasteiger partial charge in [-0.1, -0.05) is 54.6 Å². The number of hydrogen-bond acceptors (Lipinski definition) is 5. The molecular weight excluding hydrogens is 414 g/mol. The van der Waals surface area contributed by atoms with E-state index in [4.69, 9.17) is 0 Å². The zero-order valence-electron chi connectivity index (χ0n) is 18.9. The SMILES string of the molecule is C=NN(/C(Cc1ccccc1)=C(\C)C(=O)N1CCc2ccccc2C1)c1nc(C)cc(=O)[nH]1. The number of fused-ring (bicyclic) bond motifs is 1. The van der Waals surface area contributed by atoms with E-state index >= 15 is 0 Å². The van der Waals surface area contributed by atoms with Crippen LogP contribution in [0, 0.1) is 6.92 Å². The van der Waals surface area contributed by atoms with Crippen molar-refractivity contribution in [3.63, 3.8) is 0 Å². The molecule has 0 aliphatic carbocycles. The molecular formula is C26H27N5O2. The lowest BCUT2D eigenvalue weighted by Gasteiger charge is -2.31. The van der Waals surface area contributed by atoms with Gasteiger partial charge in [-0.05, 0) is 37.0 Å². The number of aromatic amines is 1. The lowest BCUT2D eigenvalue weighted by molar-refractivity contribution is -0.128. The number of nitrogens with zero attached hydrogens (tertiary/aromatic N) is 4. The van der Waals surface area contributed by atoms with Crippen LogP contribution < -0.4 is 10.6 Å². The summed E-state index contributed by atoms with van der Waals surface area (Å²) in [6.07, 6.45) is 1.25. The number of aromatic nitrogens is 2. The first-order chi connectivity index (χ1) is 16.0. The maximum Gasteiger partial charge on any atom is 0.252 e. The van der Waals surface area contributed by atoms with Gasteiger partial charge in [-0.3, -0.25) is 14.6 Å². The minimum absolute atomic E-state index is 0.0703. The fourth-order valence-corrected chi connectivity index (χ4v) is 4.13. The quantitative estimate of drug-likeness (QED) is 0.360. The van der Waals surface area contributed by atoms with E-state index in [2.05, 4.69) is 33.9 Å². The molecule has 1 aliphatic rings. The number of aryl methyl sites for hydroxylation is 1. The summed E-state index contributed by atoms with van der Waals surface area (Å²) < 4.78 is 0. The molecule has 7 heteroatoms. The van der Waals surface area contributed by atoms with Crippen LogP contribution in [-0.4, -0.2) is 34.0 Å². The summed E-state index contributed by atoms with van der Waals surface area (Å²) in [5, 5.41) is 5.61. The second-order valence-corrected chi connectivity index (χ2v) is 8.14. The average Bonchev–Trinajstić information content (AvgIpc) is 2.82. The van der Waals surface area contributed by atoms with Crippen molar-refractivity contribution in [1.82, 2.24) is 14.9 Å². The van der Waals surface area contributed by atoms with Crippen LogP contribution in [0.5, 0.6) is 0 Å². The lowest BCUT2D eigenvalue weighted by Crippen LogP contribution is -2.38. The molecule has 0 saturated heterocycles. The fourth-order valence-electron chi connectivity index (χ4n) is 4.13. The number of nitrogens with one attached hydrogen (secondary N) is 1. The molecule has 0 unspecified atom stereocenters. The topological polar surface area (TPSA) is 81.7 Å². The molecule has 0 atom stereocenters. The molecule has 1 N–H and O–H groups in total. The molecule has 7 nitrogen and oxygen atoms in total. The van der Waals surface area contributed by atoms with Gasteiger partial charge in [-0.15, -0.1) is 0 Å². The third-order valence-electron chi connectivity index (χ3n) is 5.84. The van der Waals surface area contributed by atoms with E-state index in [0.29, 0.717) is 36.5 Å². The maximum absolute atomic E-state index is 13.6. The van der Waals surface area contributed by atoms with Gasteiger partial charge in [0.25, 0.3) is 11.5 Å². The van der Waals surface area contributed by atoms with E-state index in [1.165, 1.54) is 16.6 Å². The highest BCUT2D eigenvalue weighted by Crippen LogP contribution is 2.25. The Labute approximate surface area is 193 Å². The molecule has 2 heterocycles. The smallest absolute Gasteiger partial charge is 0.252 e. The van der Waals surface area contributed by atoms with Crippen molar-refractivity contribution in [2.45, 2.75) is 33.2 Å². The highest BCUT2D eigenvalue weighted by molar-refractivity contribution is 5.94. The first-order valence-corrected chi connectivity index (χ1v) is 10.9. The van der Waals surface area contributed by atoms with E-state index in [9.17, 15) is 9.59 Å². The number of H-pyrrole nitrogens is 1. The molecule has 0 bridgehead atoms. The molecule has 2 aromatic carbocycles. The summed E-state index contributed by atoms with van der Waals surface area (Å²) >= 11 is 0. The monoisotopic (exact) mass is 441 g/mol. The van der Waals surface area contributed by atoms with E-state index in [1.807, 2.05) is 47.4 Å². The van der Waals surface area contributed by atoms with E-state index in [-0.39, 0.29) is 17.4 Å². The van der Waals surface area contributed by atoms with Gasteiger partial charge in [0.15, 0.2) is 0 Å². The molecule has 0 spiro atoms. The van der Waals surface area contributed by atoms with Crippen molar-refractivity contribution >= 4 is 18.6 Å². The first kappa shape index (κ1) is 22.2. The van der Waals surface area contributed by atoms with E-state index in [0.717, 1.165) is 17.5 Å². The van der Waals surface area contributed by atoms with Gasteiger partial charge in [0, 0.05) is 43.6 Å². The third-order valence-corrected chi connectivity index (χ3v) is 5.84. The number of hydrogen-bond donors (Lipinski definition) is 1. The molecule has 3 aromatic rings. The largest absolute Gasteiger partial charge is 0.334 e. The van der Waals surface area contributed by atoms with Gasteiger partial charge in [-0.25, -0.2) is 9.99 Å². The predicted molar refractivity (Wildman–Crippen MR) is 130 cm³/mol. The highest BCUT2D eigenvalue weighted by atomic mass is 16.2. The summed E-state index contributed by atoms with van der Waals surface area (Å²) in [5.74, 6) is 0.163. The second kappa shape index (κ2) is 9.65. The number of rotatable bonds is 6. The van der Waals surface area contributed by atoms with Crippen molar-refractivity contribution in [2.75, 3.05) is 11.6 Å². The first-order valence-electron chi connectivity index (χ1n) is 10.9. The van der Waals surface area contributed by atoms with Crippen LogP contribution in [0.15, 0.2) is 81.8 Å². The molecule has 33 heavy (non-hydrogen) atoms. The Morgan fingerprint density at radius 3 is 2.55 bits per heavy atom. The number of carbonyl (C=O) groups excluding carboxylic acids is 1. The average molecular weight is 442 g/mol. The van der Waals surface area contributed by atoms with Crippen LogP contribution in [0.25, 0.3) is 0 Å². The summed E-state index contributed by atoms with van der Waals surface area (Å²) in [6.45, 7) is 8.44. The molecule has 1 aromatic heterocycles. The summed E-state index contributed by atoms with van der Waals surface area (Å²) in [4.78, 5) is 34.7. The van der Waals surface area contributed by atoms with Gasteiger partial charge < -0.3 is 4.90 Å². The van der Waals surface area contributed by atoms with Crippen LogP contribution in [0.3, 0.4) is 0 Å². The molecule has 4 rings (SSSR count). The van der Waals surface area contributed by atoms with Crippen molar-refractivity contribution in [3.8, 4) is 0 Å². The van der Waals surface area contributed by atoms with Crippen LogP contribution in [0.2, 0.25) is 0 Å². The second-order valence-electron chi connectivity index (χ2n) is 8.14. The minimum atomic E-state index is -0.290. The lowest BCUT2D eigenvalue weighted by atomic mass is 9.98. The minimum Gasteiger partial charge on any atom is -0.334 e. The molecule has 168 valence electrons. The Kier molecular flexibility index (Phi) is 6.49. The molecule has 0 radical (unpaired) electrons. The van der Waals surface area contributed by atoms with Crippen LogP contribution in [-0.2, 0) is 24.2 Å². The van der Waals surface area contributed by atoms with Gasteiger partial charge in [0.1, 0.15) is 0 Å². The fraction of sp³-hybridized carbons (Fsp3) is 0.231. The van der Waals surface area contributed by atoms with Crippen LogP contribution >= 0.6 is 0 Å². The Hall–Kier alpha value is -4.00. The van der Waals surface area contributed by atoms with Crippen LogP contribution in [0.1, 0.15) is 29.3 Å². The number of allylic oxidation sites excluding steroid dienone is 1. The molecule has 0 fully saturated rings. The molecule has 1 amide bonds. The number of anilines is 1. The maximum atomic E-state index is 13.6. The highest BCUT2D eigenvalue weighted by Gasteiger charge is 2.26. The van der Waals surface area contributed by atoms with Crippen molar-refractivity contribution < 1.29 is 4.79 Å². The summed E-state index contributed by atoms with van der Waals surface area (Å²) in [5.41, 5.74) is 4.87. The number of hydrazone groups is 1. The van der Waals surface area contributed by atoms with E-state index < -0.39 is 0 Å². The zero-order valence-corrected chi connectivity index (χ0v) is 18.9. The Bertz CT molecular complexity index is 1260. The summed E-state index contributed by atoms with van der Waals surface area (Å²) in [6, 6.07) is 19.4. The Morgan fingerprint density at radius 1 is 1.15 bits per heavy atom. The standard InChI is InChI=1S/C26H27N5O2/c1-18-15-24(32)29-26(28-18)31(27-3)23(16-20-9-5-4-6-10-20)19(2)25(33)30-14-13-21-11-7-8-12-22(21)17-30/h4-12,15H,3,13-14,16-17H2,1-2H3,(H,28,29,32)/b23-19+. The van der Waals surface area contributed by atoms with E-state index in [1.54, 1.807) is 13.8 Å². The Morgan fingerprint density at radius 2 is 1.85 bits per heavy atom.